The van der Waals surface area contributed by atoms with E-state index < -0.39 is 6.04 Å². The van der Waals surface area contributed by atoms with E-state index in [9.17, 15) is 9.90 Å². The van der Waals surface area contributed by atoms with Crippen molar-refractivity contribution in [1.29, 1.82) is 0 Å². The Bertz CT molecular complexity index is 1030. The van der Waals surface area contributed by atoms with Crippen molar-refractivity contribution in [3.8, 4) is 11.4 Å². The predicted octanol–water partition coefficient (Wildman–Crippen LogP) is 1.80. The van der Waals surface area contributed by atoms with Crippen LogP contribution in [-0.4, -0.2) is 45.2 Å². The van der Waals surface area contributed by atoms with Crippen molar-refractivity contribution in [2.75, 3.05) is 18.5 Å². The van der Waals surface area contributed by atoms with Gasteiger partial charge in [0.05, 0.1) is 6.61 Å². The molecule has 8 nitrogen and oxygen atoms in total. The van der Waals surface area contributed by atoms with Crippen molar-refractivity contribution in [2.45, 2.75) is 25.4 Å². The number of nitrogens with one attached hydrogen (secondary N) is 3. The van der Waals surface area contributed by atoms with Gasteiger partial charge in [0.1, 0.15) is 12.4 Å². The van der Waals surface area contributed by atoms with Gasteiger partial charge in [-0.15, -0.1) is 0 Å². The fraction of sp³-hybridized carbons (Fsp3) is 0.273. The van der Waals surface area contributed by atoms with Gasteiger partial charge in [-0.1, -0.05) is 30.3 Å². The summed E-state index contributed by atoms with van der Waals surface area (Å²) in [6.07, 6.45) is 3.11. The fourth-order valence-corrected chi connectivity index (χ4v) is 3.36. The molecule has 0 unspecified atom stereocenters. The molecule has 1 aliphatic rings. The van der Waals surface area contributed by atoms with E-state index in [4.69, 9.17) is 0 Å². The quantitative estimate of drug-likeness (QED) is 0.489. The van der Waals surface area contributed by atoms with E-state index in [0.717, 1.165) is 35.2 Å². The van der Waals surface area contributed by atoms with Gasteiger partial charge in [-0.25, -0.2) is 9.97 Å². The maximum atomic E-state index is 12.4. The zero-order valence-electron chi connectivity index (χ0n) is 16.5. The number of aliphatic hydroxyl groups excluding tert-OH is 1. The number of benzene rings is 2. The van der Waals surface area contributed by atoms with Gasteiger partial charge in [-0.3, -0.25) is 10.1 Å². The van der Waals surface area contributed by atoms with Crippen LogP contribution in [0.5, 0.6) is 0 Å². The number of carbonyl (C=O) groups is 1. The normalized spacial score (nSPS) is 17.2. The van der Waals surface area contributed by atoms with E-state index in [1.165, 1.54) is 6.33 Å². The maximum Gasteiger partial charge on any atom is 0.239 e. The van der Waals surface area contributed by atoms with Crippen LogP contribution in [0.3, 0.4) is 0 Å². The number of nitrogens with zero attached hydrogens (tertiary/aromatic N) is 3. The number of hydrogen-bond donors (Lipinski definition) is 4. The largest absolute Gasteiger partial charge is 0.394 e. The third-order valence-electron chi connectivity index (χ3n) is 4.93. The highest BCUT2D eigenvalue weighted by atomic mass is 16.3. The van der Waals surface area contributed by atoms with Crippen LogP contribution in [0.4, 0.5) is 11.6 Å². The van der Waals surface area contributed by atoms with Crippen molar-refractivity contribution in [1.82, 2.24) is 25.6 Å². The van der Waals surface area contributed by atoms with Crippen molar-refractivity contribution >= 4 is 17.5 Å². The van der Waals surface area contributed by atoms with E-state index in [2.05, 4.69) is 37.0 Å². The SMILES string of the molecule is O=C1NCCCc2cccc(c2)-c2ncnc(n2)Nc2cccc(c2)CN[C@H]1CO. The summed E-state index contributed by atoms with van der Waals surface area (Å²) in [5.41, 5.74) is 3.85. The Kier molecular flexibility index (Phi) is 6.26. The summed E-state index contributed by atoms with van der Waals surface area (Å²) in [6.45, 7) is 0.719. The van der Waals surface area contributed by atoms with Crippen LogP contribution in [0.1, 0.15) is 17.5 Å². The Balaban J connectivity index is 1.65. The summed E-state index contributed by atoms with van der Waals surface area (Å²) in [7, 11) is 0. The van der Waals surface area contributed by atoms with Gasteiger partial charge in [0.2, 0.25) is 11.9 Å². The number of carbonyl (C=O) groups excluding carboxylic acids is 1. The number of rotatable bonds is 1. The molecular weight excluding hydrogens is 380 g/mol. The fourth-order valence-electron chi connectivity index (χ4n) is 3.36. The van der Waals surface area contributed by atoms with Crippen molar-refractivity contribution in [3.63, 3.8) is 0 Å². The third kappa shape index (κ3) is 4.97. The highest BCUT2D eigenvalue weighted by Gasteiger charge is 2.16. The average Bonchev–Trinajstić information content (AvgIpc) is 2.77. The standard InChI is InChI=1S/C22H24N6O2/c29-13-19-21(30)23-9-3-6-15-4-1-7-17(10-15)20-25-14-26-22(28-20)27-18-8-2-5-16(11-18)12-24-19/h1-2,4-5,7-8,10-11,14,19,24,29H,3,6,9,12-13H2,(H,23,30)(H,25,26,27,28)/t19-/m0/s1. The van der Waals surface area contributed by atoms with Gasteiger partial charge in [-0.2, -0.15) is 4.98 Å². The summed E-state index contributed by atoms with van der Waals surface area (Å²) in [5.74, 6) is 0.867. The Morgan fingerprint density at radius 3 is 2.83 bits per heavy atom. The summed E-state index contributed by atoms with van der Waals surface area (Å²) in [6, 6.07) is 15.1. The van der Waals surface area contributed by atoms with Crippen molar-refractivity contribution in [3.05, 3.63) is 66.0 Å². The van der Waals surface area contributed by atoms with Gasteiger partial charge < -0.3 is 15.7 Å². The first-order valence-electron chi connectivity index (χ1n) is 9.97. The highest BCUT2D eigenvalue weighted by molar-refractivity contribution is 5.81. The van der Waals surface area contributed by atoms with Crippen LogP contribution in [0.15, 0.2) is 54.9 Å². The number of amides is 1. The first-order chi connectivity index (χ1) is 14.7. The molecule has 8 heteroatoms. The predicted molar refractivity (Wildman–Crippen MR) is 114 cm³/mol. The minimum atomic E-state index is -0.657. The highest BCUT2D eigenvalue weighted by Crippen LogP contribution is 2.20. The van der Waals surface area contributed by atoms with Crippen LogP contribution >= 0.6 is 0 Å². The van der Waals surface area contributed by atoms with Gasteiger partial charge in [0, 0.05) is 24.3 Å². The smallest absolute Gasteiger partial charge is 0.239 e. The molecule has 1 amide bonds. The first kappa shape index (κ1) is 19.9. The van der Waals surface area contributed by atoms with Gasteiger partial charge in [0.15, 0.2) is 5.82 Å². The molecule has 4 N–H and O–H groups in total. The number of fused-ring (bicyclic) bond motifs is 7. The van der Waals surface area contributed by atoms with Gasteiger partial charge >= 0.3 is 0 Å². The second kappa shape index (κ2) is 9.43. The molecule has 0 radical (unpaired) electrons. The zero-order valence-corrected chi connectivity index (χ0v) is 16.5. The molecule has 2 aromatic carbocycles. The number of aliphatic hydroxyl groups is 1. The van der Waals surface area contributed by atoms with E-state index in [1.807, 2.05) is 42.5 Å². The molecule has 1 atom stereocenters. The van der Waals surface area contributed by atoms with Crippen molar-refractivity contribution in [2.24, 2.45) is 0 Å². The molecule has 4 rings (SSSR count). The zero-order chi connectivity index (χ0) is 20.8. The molecule has 0 saturated heterocycles. The Hall–Kier alpha value is -3.36. The summed E-state index contributed by atoms with van der Waals surface area (Å²) < 4.78 is 0. The van der Waals surface area contributed by atoms with Crippen LogP contribution in [0.25, 0.3) is 11.4 Å². The van der Waals surface area contributed by atoms with Crippen LogP contribution in [0, 0.1) is 0 Å². The molecule has 154 valence electrons. The number of aromatic nitrogens is 3. The van der Waals surface area contributed by atoms with Gasteiger partial charge in [0.25, 0.3) is 0 Å². The molecule has 0 fully saturated rings. The molecule has 2 heterocycles. The summed E-state index contributed by atoms with van der Waals surface area (Å²) in [4.78, 5) is 25.5. The van der Waals surface area contributed by atoms with E-state index in [0.29, 0.717) is 24.9 Å². The lowest BCUT2D eigenvalue weighted by atomic mass is 10.1. The average molecular weight is 404 g/mol. The second-order valence-corrected chi connectivity index (χ2v) is 7.17. The monoisotopic (exact) mass is 404 g/mol. The molecular formula is C22H24N6O2. The molecule has 6 bridgehead atoms. The Morgan fingerprint density at radius 2 is 1.93 bits per heavy atom. The minimum absolute atomic E-state index is 0.200. The number of hydrogen-bond acceptors (Lipinski definition) is 7. The summed E-state index contributed by atoms with van der Waals surface area (Å²) in [5, 5.41) is 18.8. The van der Waals surface area contributed by atoms with Crippen LogP contribution < -0.4 is 16.0 Å². The molecule has 1 aliphatic heterocycles. The molecule has 0 aliphatic carbocycles. The number of aryl methyl sites for hydroxylation is 1. The molecule has 0 saturated carbocycles. The lowest BCUT2D eigenvalue weighted by molar-refractivity contribution is -0.124. The Labute approximate surface area is 174 Å². The number of anilines is 2. The minimum Gasteiger partial charge on any atom is -0.394 e. The van der Waals surface area contributed by atoms with Gasteiger partial charge in [-0.05, 0) is 42.2 Å². The molecule has 1 aromatic heterocycles. The van der Waals surface area contributed by atoms with Crippen molar-refractivity contribution < 1.29 is 9.90 Å². The molecule has 3 aromatic rings. The lowest BCUT2D eigenvalue weighted by Gasteiger charge is -2.17. The first-order valence-corrected chi connectivity index (χ1v) is 9.97. The lowest BCUT2D eigenvalue weighted by Crippen LogP contribution is -2.46. The molecule has 0 spiro atoms. The van der Waals surface area contributed by atoms with Crippen LogP contribution in [-0.2, 0) is 17.8 Å². The van der Waals surface area contributed by atoms with E-state index in [-0.39, 0.29) is 12.5 Å². The third-order valence-corrected chi connectivity index (χ3v) is 4.93. The topological polar surface area (TPSA) is 112 Å². The second-order valence-electron chi connectivity index (χ2n) is 7.17. The summed E-state index contributed by atoms with van der Waals surface area (Å²) >= 11 is 0. The maximum absolute atomic E-state index is 12.4. The Morgan fingerprint density at radius 1 is 1.07 bits per heavy atom. The van der Waals surface area contributed by atoms with E-state index >= 15 is 0 Å². The molecule has 30 heavy (non-hydrogen) atoms. The van der Waals surface area contributed by atoms with Crippen LogP contribution in [0.2, 0.25) is 0 Å². The van der Waals surface area contributed by atoms with E-state index in [1.54, 1.807) is 0 Å².